The van der Waals surface area contributed by atoms with Crippen molar-refractivity contribution >= 4 is 5.65 Å². The zero-order valence-corrected chi connectivity index (χ0v) is 13.1. The maximum absolute atomic E-state index is 12.1. The lowest BCUT2D eigenvalue weighted by Crippen LogP contribution is -2.47. The van der Waals surface area contributed by atoms with Gasteiger partial charge in [0.15, 0.2) is 5.65 Å². The van der Waals surface area contributed by atoms with Crippen LogP contribution in [0, 0.1) is 30.1 Å². The lowest BCUT2D eigenvalue weighted by molar-refractivity contribution is -0.0526. The van der Waals surface area contributed by atoms with Crippen molar-refractivity contribution in [3.8, 4) is 0 Å². The van der Waals surface area contributed by atoms with Crippen LogP contribution in [0.4, 0.5) is 0 Å². The van der Waals surface area contributed by atoms with Gasteiger partial charge in [-0.25, -0.2) is 9.50 Å². The molecule has 4 saturated carbocycles. The molecule has 22 heavy (non-hydrogen) atoms. The lowest BCUT2D eigenvalue weighted by atomic mass is 9.48. The minimum absolute atomic E-state index is 0.000683. The van der Waals surface area contributed by atoms with Crippen molar-refractivity contribution in [3.63, 3.8) is 0 Å². The Labute approximate surface area is 129 Å². The summed E-state index contributed by atoms with van der Waals surface area (Å²) in [5.74, 6) is 2.91. The third kappa shape index (κ3) is 1.89. The summed E-state index contributed by atoms with van der Waals surface area (Å²) in [6.45, 7) is 1.88. The molecule has 0 aromatic carbocycles. The van der Waals surface area contributed by atoms with E-state index < -0.39 is 0 Å². The number of aryl methyl sites for hydroxylation is 1. The van der Waals surface area contributed by atoms with Crippen LogP contribution in [-0.4, -0.2) is 14.6 Å². The van der Waals surface area contributed by atoms with E-state index >= 15 is 0 Å². The summed E-state index contributed by atoms with van der Waals surface area (Å²) in [5, 5.41) is 3.31. The minimum Gasteiger partial charge on any atom is -0.294 e. The fourth-order valence-corrected chi connectivity index (χ4v) is 6.16. The molecule has 0 amide bonds. The van der Waals surface area contributed by atoms with Crippen molar-refractivity contribution in [2.45, 2.75) is 51.9 Å². The number of aromatic amines is 1. The second-order valence-corrected chi connectivity index (χ2v) is 8.31. The Morgan fingerprint density at radius 2 is 1.82 bits per heavy atom. The van der Waals surface area contributed by atoms with Gasteiger partial charge in [-0.1, -0.05) is 0 Å². The first-order valence-electron chi connectivity index (χ1n) is 8.67. The van der Waals surface area contributed by atoms with Crippen LogP contribution in [0.5, 0.6) is 0 Å². The van der Waals surface area contributed by atoms with Crippen LogP contribution >= 0.6 is 0 Å². The topological polar surface area (TPSA) is 50.2 Å². The summed E-state index contributed by atoms with van der Waals surface area (Å²) in [6, 6.07) is 3.69. The number of hydrogen-bond donors (Lipinski definition) is 1. The molecule has 4 aliphatic rings. The number of rotatable bonds is 2. The third-order valence-corrected chi connectivity index (χ3v) is 6.36. The summed E-state index contributed by atoms with van der Waals surface area (Å²) in [6.07, 6.45) is 9.73. The summed E-state index contributed by atoms with van der Waals surface area (Å²) in [5.41, 5.74) is 3.25. The molecule has 0 aliphatic heterocycles. The van der Waals surface area contributed by atoms with Gasteiger partial charge in [0.2, 0.25) is 0 Å². The zero-order chi connectivity index (χ0) is 14.9. The number of nitrogens with zero attached hydrogens (tertiary/aromatic N) is 2. The number of fused-ring (bicyclic) bond motifs is 1. The van der Waals surface area contributed by atoms with Crippen LogP contribution in [0.3, 0.4) is 0 Å². The molecule has 0 saturated heterocycles. The average Bonchev–Trinajstić information content (AvgIpc) is 2.78. The van der Waals surface area contributed by atoms with Gasteiger partial charge >= 0.3 is 0 Å². The average molecular weight is 297 g/mol. The van der Waals surface area contributed by atoms with Crippen LogP contribution in [-0.2, 0) is 6.42 Å². The van der Waals surface area contributed by atoms with Gasteiger partial charge in [0.05, 0.1) is 0 Å². The van der Waals surface area contributed by atoms with E-state index in [2.05, 4.69) is 16.1 Å². The Kier molecular flexibility index (Phi) is 2.49. The second-order valence-electron chi connectivity index (χ2n) is 8.31. The largest absolute Gasteiger partial charge is 0.294 e. The first-order chi connectivity index (χ1) is 10.6. The number of aromatic nitrogens is 3. The number of hydrogen-bond acceptors (Lipinski definition) is 2. The molecule has 2 heterocycles. The van der Waals surface area contributed by atoms with Gasteiger partial charge in [0.25, 0.3) is 5.56 Å². The Hall–Kier alpha value is -1.58. The summed E-state index contributed by atoms with van der Waals surface area (Å²) >= 11 is 0. The summed E-state index contributed by atoms with van der Waals surface area (Å²) in [7, 11) is 0. The highest BCUT2D eigenvalue weighted by Crippen LogP contribution is 2.60. The summed E-state index contributed by atoms with van der Waals surface area (Å²) in [4.78, 5) is 16.6. The Balaban J connectivity index is 1.51. The van der Waals surface area contributed by atoms with Gasteiger partial charge in [0.1, 0.15) is 0 Å². The van der Waals surface area contributed by atoms with E-state index in [1.54, 1.807) is 10.6 Å². The van der Waals surface area contributed by atoms with Crippen LogP contribution in [0.15, 0.2) is 16.9 Å². The standard InChI is InChI=1S/C18H23N3O/c1-11-2-17(22)21-16(19-11)6-15(20-21)10-18-7-12-3-13(8-18)5-14(4-12)9-18/h2,6,12-14,20H,3-5,7-10H2,1H3. The molecule has 4 bridgehead atoms. The second kappa shape index (κ2) is 4.24. The van der Waals surface area contributed by atoms with E-state index in [9.17, 15) is 4.79 Å². The smallest absolute Gasteiger partial charge is 0.272 e. The Bertz CT molecular complexity index is 765. The normalized spacial score (nSPS) is 36.3. The van der Waals surface area contributed by atoms with Crippen LogP contribution < -0.4 is 5.56 Å². The van der Waals surface area contributed by atoms with Crippen LogP contribution in [0.25, 0.3) is 5.65 Å². The molecule has 4 aliphatic carbocycles. The first kappa shape index (κ1) is 12.9. The fraction of sp³-hybridized carbons (Fsp3) is 0.667. The van der Waals surface area contributed by atoms with E-state index in [1.807, 2.05) is 6.92 Å². The van der Waals surface area contributed by atoms with Crippen molar-refractivity contribution in [3.05, 3.63) is 33.9 Å². The molecule has 116 valence electrons. The molecule has 0 atom stereocenters. The van der Waals surface area contributed by atoms with E-state index in [4.69, 9.17) is 0 Å². The van der Waals surface area contributed by atoms with E-state index in [-0.39, 0.29) is 5.56 Å². The predicted octanol–water partition coefficient (Wildman–Crippen LogP) is 3.09. The SMILES string of the molecule is Cc1cc(=O)n2[nH]c(CC34CC5CC(CC(C5)C3)C4)cc2n1. The highest BCUT2D eigenvalue weighted by Gasteiger charge is 2.50. The highest BCUT2D eigenvalue weighted by atomic mass is 16.1. The Morgan fingerprint density at radius 3 is 2.45 bits per heavy atom. The molecule has 0 spiro atoms. The predicted molar refractivity (Wildman–Crippen MR) is 84.9 cm³/mol. The molecule has 1 N–H and O–H groups in total. The first-order valence-corrected chi connectivity index (χ1v) is 8.67. The van der Waals surface area contributed by atoms with Crippen molar-refractivity contribution in [2.24, 2.45) is 23.2 Å². The van der Waals surface area contributed by atoms with Gasteiger partial charge < -0.3 is 0 Å². The van der Waals surface area contributed by atoms with Gasteiger partial charge in [-0.05, 0) is 75.0 Å². The maximum atomic E-state index is 12.1. The van der Waals surface area contributed by atoms with E-state index in [0.717, 1.165) is 35.5 Å². The molecule has 2 aromatic heterocycles. The van der Waals surface area contributed by atoms with E-state index in [0.29, 0.717) is 5.41 Å². The zero-order valence-electron chi connectivity index (χ0n) is 13.1. The number of nitrogens with one attached hydrogen (secondary N) is 1. The molecule has 6 rings (SSSR count). The number of H-pyrrole nitrogens is 1. The van der Waals surface area contributed by atoms with Crippen LogP contribution in [0.2, 0.25) is 0 Å². The van der Waals surface area contributed by atoms with Crippen molar-refractivity contribution in [2.75, 3.05) is 0 Å². The van der Waals surface area contributed by atoms with Crippen LogP contribution in [0.1, 0.15) is 49.9 Å². The molecule has 2 aromatic rings. The minimum atomic E-state index is -0.000683. The van der Waals surface area contributed by atoms with Gasteiger partial charge in [-0.2, -0.15) is 0 Å². The molecule has 0 unspecified atom stereocenters. The summed E-state index contributed by atoms with van der Waals surface area (Å²) < 4.78 is 1.60. The van der Waals surface area contributed by atoms with Gasteiger partial charge in [0, 0.05) is 23.5 Å². The third-order valence-electron chi connectivity index (χ3n) is 6.36. The lowest BCUT2D eigenvalue weighted by Gasteiger charge is -2.57. The van der Waals surface area contributed by atoms with Gasteiger partial charge in [-0.3, -0.25) is 9.89 Å². The molecule has 4 nitrogen and oxygen atoms in total. The van der Waals surface area contributed by atoms with Crippen molar-refractivity contribution < 1.29 is 0 Å². The molecule has 4 heteroatoms. The maximum Gasteiger partial charge on any atom is 0.272 e. The van der Waals surface area contributed by atoms with E-state index in [1.165, 1.54) is 44.2 Å². The molecule has 4 fully saturated rings. The molecular formula is C18H23N3O. The monoisotopic (exact) mass is 297 g/mol. The quantitative estimate of drug-likeness (QED) is 0.926. The molecular weight excluding hydrogens is 274 g/mol. The van der Waals surface area contributed by atoms with Gasteiger partial charge in [-0.15, -0.1) is 0 Å². The fourth-order valence-electron chi connectivity index (χ4n) is 6.16. The van der Waals surface area contributed by atoms with Crippen molar-refractivity contribution in [1.29, 1.82) is 0 Å². The highest BCUT2D eigenvalue weighted by molar-refractivity contribution is 5.40. The molecule has 0 radical (unpaired) electrons. The van der Waals surface area contributed by atoms with Crippen molar-refractivity contribution in [1.82, 2.24) is 14.6 Å². The Morgan fingerprint density at radius 1 is 1.18 bits per heavy atom.